The van der Waals surface area contributed by atoms with Gasteiger partial charge in [0.1, 0.15) is 25.7 Å². The van der Waals surface area contributed by atoms with Crippen LogP contribution in [0.2, 0.25) is 0 Å². The maximum Gasteiger partial charge on any atom is 0.117 e. The van der Waals surface area contributed by atoms with Crippen molar-refractivity contribution in [3.63, 3.8) is 0 Å². The predicted octanol–water partition coefficient (Wildman–Crippen LogP) is 3.87. The Balaban J connectivity index is 0. The van der Waals surface area contributed by atoms with Crippen LogP contribution in [0.4, 0.5) is 0 Å². The number of hydroxylamine groups is 3. The summed E-state index contributed by atoms with van der Waals surface area (Å²) in [5, 5.41) is 0. The minimum atomic E-state index is 0. The fraction of sp³-hybridized carbons (Fsp3) is 1.00. The Morgan fingerprint density at radius 3 is 1.65 bits per heavy atom. The molecular formula is C17H42BNO. The van der Waals surface area contributed by atoms with E-state index < -0.39 is 0 Å². The number of hydrogen-bond donors (Lipinski definition) is 0. The van der Waals surface area contributed by atoms with Crippen molar-refractivity contribution in [3.05, 3.63) is 0 Å². The van der Waals surface area contributed by atoms with E-state index >= 15 is 0 Å². The van der Waals surface area contributed by atoms with Crippen LogP contribution in [-0.2, 0) is 4.84 Å². The average Bonchev–Trinajstić information content (AvgIpc) is 2.46. The fourth-order valence-corrected chi connectivity index (χ4v) is 2.69. The molecule has 0 heterocycles. The standard InChI is InChI=1S/C17H38NO.BH4/c1-6-11-13-14-16-17(15-12-7-2)19-18(8-3,9-4)10-5;/h17H,6-16H2,1-5H3;1H4/q+1;-1. The zero-order valence-electron chi connectivity index (χ0n) is 14.2. The summed E-state index contributed by atoms with van der Waals surface area (Å²) in [5.41, 5.74) is 0. The third-order valence-electron chi connectivity index (χ3n) is 4.36. The van der Waals surface area contributed by atoms with Crippen molar-refractivity contribution in [2.45, 2.75) is 92.1 Å². The Morgan fingerprint density at radius 2 is 1.20 bits per heavy atom. The molecule has 0 bridgehead atoms. The van der Waals surface area contributed by atoms with Gasteiger partial charge in [0.25, 0.3) is 0 Å². The largest absolute Gasteiger partial charge is 0.200 e. The van der Waals surface area contributed by atoms with Gasteiger partial charge in [0, 0.05) is 0 Å². The topological polar surface area (TPSA) is 9.23 Å². The lowest BCUT2D eigenvalue weighted by Gasteiger charge is -2.36. The van der Waals surface area contributed by atoms with Crippen LogP contribution in [0.3, 0.4) is 0 Å². The van der Waals surface area contributed by atoms with Gasteiger partial charge in [-0.05, 0) is 33.6 Å². The van der Waals surface area contributed by atoms with Crippen LogP contribution in [0.5, 0.6) is 0 Å². The molecule has 0 amide bonds. The van der Waals surface area contributed by atoms with E-state index in [1.165, 1.54) is 51.4 Å². The molecule has 0 aromatic rings. The van der Waals surface area contributed by atoms with E-state index in [0.717, 1.165) is 24.3 Å². The first-order valence-electron chi connectivity index (χ1n) is 8.72. The molecule has 0 rings (SSSR count). The lowest BCUT2D eigenvalue weighted by molar-refractivity contribution is -1.11. The SMILES string of the molecule is CCCCCCC(CCCC)O[N+](CC)(CC)CC.[BH4-]. The van der Waals surface area contributed by atoms with Crippen LogP contribution in [-0.4, -0.2) is 38.8 Å². The summed E-state index contributed by atoms with van der Waals surface area (Å²) in [6.45, 7) is 14.6. The van der Waals surface area contributed by atoms with Gasteiger partial charge in [-0.25, -0.2) is 0 Å². The number of hydrogen-bond acceptors (Lipinski definition) is 1. The molecule has 0 aromatic carbocycles. The van der Waals surface area contributed by atoms with Gasteiger partial charge in [0.15, 0.2) is 0 Å². The van der Waals surface area contributed by atoms with Crippen molar-refractivity contribution >= 4 is 8.41 Å². The molecule has 20 heavy (non-hydrogen) atoms. The summed E-state index contributed by atoms with van der Waals surface area (Å²) in [6.07, 6.45) is 10.9. The maximum absolute atomic E-state index is 6.51. The van der Waals surface area contributed by atoms with E-state index in [-0.39, 0.29) is 8.41 Å². The van der Waals surface area contributed by atoms with Crippen LogP contribution in [0.15, 0.2) is 0 Å². The molecule has 0 spiro atoms. The second-order valence-corrected chi connectivity index (χ2v) is 5.73. The number of unbranched alkanes of at least 4 members (excludes halogenated alkanes) is 4. The van der Waals surface area contributed by atoms with Crippen LogP contribution >= 0.6 is 0 Å². The van der Waals surface area contributed by atoms with Crippen LogP contribution < -0.4 is 0 Å². The van der Waals surface area contributed by atoms with Crippen molar-refractivity contribution in [1.29, 1.82) is 0 Å². The molecule has 1 atom stereocenters. The zero-order chi connectivity index (χ0) is 14.6. The van der Waals surface area contributed by atoms with E-state index in [4.69, 9.17) is 4.84 Å². The van der Waals surface area contributed by atoms with Crippen LogP contribution in [0, 0.1) is 0 Å². The first kappa shape index (κ1) is 22.3. The van der Waals surface area contributed by atoms with Gasteiger partial charge in [0.05, 0.1) is 0 Å². The van der Waals surface area contributed by atoms with E-state index in [0.29, 0.717) is 6.10 Å². The van der Waals surface area contributed by atoms with Crippen molar-refractivity contribution in [1.82, 2.24) is 0 Å². The number of nitrogens with zero attached hydrogens (tertiary/aromatic N) is 1. The van der Waals surface area contributed by atoms with Crippen LogP contribution in [0.25, 0.3) is 0 Å². The highest BCUT2D eigenvalue weighted by Crippen LogP contribution is 2.20. The van der Waals surface area contributed by atoms with Gasteiger partial charge in [-0.1, -0.05) is 60.8 Å². The molecule has 3 heteroatoms. The van der Waals surface area contributed by atoms with Gasteiger partial charge < -0.3 is 0 Å². The molecule has 0 saturated heterocycles. The smallest absolute Gasteiger partial charge is 0.117 e. The van der Waals surface area contributed by atoms with Gasteiger partial charge in [-0.3, -0.25) is 0 Å². The first-order valence-corrected chi connectivity index (χ1v) is 8.72. The molecule has 2 nitrogen and oxygen atoms in total. The Kier molecular flexibility index (Phi) is 15.5. The van der Waals surface area contributed by atoms with Gasteiger partial charge in [-0.15, -0.1) is 0 Å². The molecule has 0 radical (unpaired) electrons. The Morgan fingerprint density at radius 1 is 0.700 bits per heavy atom. The fourth-order valence-electron chi connectivity index (χ4n) is 2.69. The first-order chi connectivity index (χ1) is 9.17. The van der Waals surface area contributed by atoms with E-state index in [1.54, 1.807) is 0 Å². The minimum absolute atomic E-state index is 0. The molecule has 0 aromatic heterocycles. The van der Waals surface area contributed by atoms with Crippen molar-refractivity contribution in [2.75, 3.05) is 19.6 Å². The van der Waals surface area contributed by atoms with E-state index in [9.17, 15) is 0 Å². The van der Waals surface area contributed by atoms with E-state index in [1.807, 2.05) is 0 Å². The summed E-state index contributed by atoms with van der Waals surface area (Å²) in [6, 6.07) is 0. The van der Waals surface area contributed by atoms with Crippen LogP contribution in [0.1, 0.15) is 86.0 Å². The summed E-state index contributed by atoms with van der Waals surface area (Å²) in [4.78, 5) is 6.51. The monoisotopic (exact) mass is 287 g/mol. The van der Waals surface area contributed by atoms with Crippen molar-refractivity contribution in [3.8, 4) is 0 Å². The Hall–Kier alpha value is -0.0151. The highest BCUT2D eigenvalue weighted by molar-refractivity contribution is 5.75. The molecule has 0 aliphatic heterocycles. The highest BCUT2D eigenvalue weighted by Gasteiger charge is 2.27. The second kappa shape index (κ2) is 13.9. The minimum Gasteiger partial charge on any atom is -0.200 e. The predicted molar refractivity (Wildman–Crippen MR) is 96.4 cm³/mol. The normalized spacial score (nSPS) is 13.1. The maximum atomic E-state index is 6.51. The third-order valence-corrected chi connectivity index (χ3v) is 4.36. The molecule has 0 fully saturated rings. The summed E-state index contributed by atoms with van der Waals surface area (Å²) >= 11 is 0. The van der Waals surface area contributed by atoms with Crippen molar-refractivity contribution < 1.29 is 9.48 Å². The Labute approximate surface area is 130 Å². The lowest BCUT2D eigenvalue weighted by atomic mass is 10.0. The van der Waals surface area contributed by atoms with E-state index in [2.05, 4.69) is 34.6 Å². The third kappa shape index (κ3) is 9.02. The zero-order valence-corrected chi connectivity index (χ0v) is 14.2. The molecule has 1 unspecified atom stereocenters. The Bertz CT molecular complexity index is 187. The molecule has 0 saturated carbocycles. The van der Waals surface area contributed by atoms with Crippen molar-refractivity contribution in [2.24, 2.45) is 0 Å². The number of quaternary nitrogens is 1. The highest BCUT2D eigenvalue weighted by atomic mass is 16.7. The molecule has 0 N–H and O–H groups in total. The average molecular weight is 287 g/mol. The molecule has 0 aliphatic rings. The number of rotatable bonds is 13. The van der Waals surface area contributed by atoms with Gasteiger partial charge in [-0.2, -0.15) is 9.48 Å². The van der Waals surface area contributed by atoms with Gasteiger partial charge in [0.2, 0.25) is 0 Å². The van der Waals surface area contributed by atoms with Gasteiger partial charge >= 0.3 is 0 Å². The molecule has 124 valence electrons. The summed E-state index contributed by atoms with van der Waals surface area (Å²) in [7, 11) is 0. The molecule has 0 aliphatic carbocycles. The quantitative estimate of drug-likeness (QED) is 0.216. The second-order valence-electron chi connectivity index (χ2n) is 5.73. The lowest BCUT2D eigenvalue weighted by Crippen LogP contribution is -2.49. The summed E-state index contributed by atoms with van der Waals surface area (Å²) in [5.74, 6) is 0. The summed E-state index contributed by atoms with van der Waals surface area (Å²) < 4.78 is 0.835. The molecular weight excluding hydrogens is 245 g/mol.